The van der Waals surface area contributed by atoms with E-state index in [0.29, 0.717) is 39.0 Å². The second-order valence-corrected chi connectivity index (χ2v) is 22.1. The van der Waals surface area contributed by atoms with Crippen LogP contribution in [0.4, 0.5) is 17.1 Å². The first-order valence-electron chi connectivity index (χ1n) is 26.2. The maximum atomic E-state index is 7.90. The van der Waals surface area contributed by atoms with Gasteiger partial charge in [0.05, 0.1) is 5.69 Å². The maximum absolute atomic E-state index is 7.90. The van der Waals surface area contributed by atoms with Gasteiger partial charge in [-0.1, -0.05) is 210 Å². The summed E-state index contributed by atoms with van der Waals surface area (Å²) in [5, 5.41) is 4.66. The normalized spacial score (nSPS) is 12.5. The van der Waals surface area contributed by atoms with Crippen molar-refractivity contribution in [3.8, 4) is 66.8 Å². The third kappa shape index (κ3) is 7.74. The van der Waals surface area contributed by atoms with E-state index < -0.39 is 5.41 Å². The Labute approximate surface area is 486 Å². The van der Waals surface area contributed by atoms with Gasteiger partial charge in [-0.3, -0.25) is 0 Å². The van der Waals surface area contributed by atoms with Crippen LogP contribution < -0.4 is 65.0 Å². The zero-order valence-corrected chi connectivity index (χ0v) is 44.8. The summed E-state index contributed by atoms with van der Waals surface area (Å²) < 4.78 is 2.37. The minimum Gasteiger partial charge on any atom is -0.311 e. The molecule has 1 heterocycles. The van der Waals surface area contributed by atoms with E-state index >= 15 is 0 Å². The lowest BCUT2D eigenvalue weighted by atomic mass is 9.57. The molecule has 1 aliphatic carbocycles. The molecule has 11 aromatic carbocycles. The summed E-state index contributed by atoms with van der Waals surface area (Å²) in [6, 6.07) is 63.8. The fraction of sp³-hybridized carbons (Fsp3) is 0.0448. The SMILES string of the molecule is [B]c1c([B])c([B])c(-c2c([B])c([B])c([B])c3c2-c2c([B])c([B])c(N(c4ccc(-c5cccc6cccc(-c7ccccc7)c56)cc4)c4cccc(-c5cccc6c5sc5ccccc56)c4-c4ccccc4)c([B])c2C3(C)C)c([B])c1[B]. The molecule has 0 fully saturated rings. The van der Waals surface area contributed by atoms with Crippen LogP contribution in [0, 0.1) is 0 Å². The van der Waals surface area contributed by atoms with Crippen LogP contribution in [0.1, 0.15) is 25.0 Å². The first-order valence-corrected chi connectivity index (χ1v) is 27.0. The van der Waals surface area contributed by atoms with E-state index in [1.807, 2.05) is 26.0 Å². The average Bonchev–Trinajstić information content (AvgIpc) is 4.04. The number of thiophene rings is 1. The van der Waals surface area contributed by atoms with Crippen molar-refractivity contribution in [2.75, 3.05) is 4.90 Å². The van der Waals surface area contributed by atoms with Crippen molar-refractivity contribution in [2.24, 2.45) is 0 Å². The highest BCUT2D eigenvalue weighted by Gasteiger charge is 2.43. The Morgan fingerprint density at radius 1 is 0.338 bits per heavy atom. The van der Waals surface area contributed by atoms with Gasteiger partial charge in [-0.2, -0.15) is 0 Å². The number of anilines is 3. The van der Waals surface area contributed by atoms with Gasteiger partial charge >= 0.3 is 0 Å². The highest BCUT2D eigenvalue weighted by molar-refractivity contribution is 7.26. The molecule has 13 rings (SSSR count). The van der Waals surface area contributed by atoms with E-state index in [-0.39, 0.29) is 60.2 Å². The number of hydrogen-bond donors (Lipinski definition) is 0. The zero-order valence-electron chi connectivity index (χ0n) is 44.0. The van der Waals surface area contributed by atoms with Crippen LogP contribution >= 0.6 is 11.3 Å². The van der Waals surface area contributed by atoms with Crippen LogP contribution in [-0.4, -0.2) is 86.3 Å². The van der Waals surface area contributed by atoms with E-state index in [0.717, 1.165) is 66.7 Å². The standard InChI is InChI=1S/C67H36B11NS/c1-67(2)52-48(49(54(68)60(74)58(52)72)51-56(70)61(75)63(77)62(76)57(51)71)50-53(67)59(73)65(64(78)55(50)69)79(37-31-29-34(30-32-37)39-23-12-20-35-19-11-22-38(46(35)39)33-15-5-3-6-16-33)44-27-14-24-41(47(44)36-17-7-4-8-18-36)43-26-13-25-42-40-21-9-10-28-45(40)80-66(42)43/h3-32H,1-2H3. The Balaban J connectivity index is 1.11. The molecule has 0 N–H and O–H groups in total. The first-order chi connectivity index (χ1) is 38.6. The predicted molar refractivity (Wildman–Crippen MR) is 356 cm³/mol. The molecule has 0 spiro atoms. The van der Waals surface area contributed by atoms with Gasteiger partial charge in [0.25, 0.3) is 0 Å². The van der Waals surface area contributed by atoms with Gasteiger partial charge in [0.2, 0.25) is 0 Å². The first kappa shape index (κ1) is 51.8. The molecular weight excluding hydrogens is 970 g/mol. The molecule has 1 aromatic heterocycles. The van der Waals surface area contributed by atoms with Gasteiger partial charge < -0.3 is 4.90 Å². The van der Waals surface area contributed by atoms with Crippen molar-refractivity contribution in [3.05, 3.63) is 193 Å². The Kier molecular flexibility index (Phi) is 12.7. The van der Waals surface area contributed by atoms with Gasteiger partial charge in [-0.15, -0.1) is 33.2 Å². The number of benzene rings is 11. The molecule has 0 saturated heterocycles. The van der Waals surface area contributed by atoms with Crippen LogP contribution in [0.25, 0.3) is 97.7 Å². The summed E-state index contributed by atoms with van der Waals surface area (Å²) in [4.78, 5) is 2.14. The third-order valence-corrected chi connectivity index (χ3v) is 17.6. The fourth-order valence-corrected chi connectivity index (χ4v) is 13.8. The summed E-state index contributed by atoms with van der Waals surface area (Å²) >= 11 is 1.78. The average molecular weight is 1010 g/mol. The quantitative estimate of drug-likeness (QED) is 0.168. The van der Waals surface area contributed by atoms with Crippen molar-refractivity contribution in [2.45, 2.75) is 19.3 Å². The summed E-state index contributed by atoms with van der Waals surface area (Å²) in [6.45, 7) is 4.05. The van der Waals surface area contributed by atoms with Crippen LogP contribution in [0.3, 0.4) is 0 Å². The summed E-state index contributed by atoms with van der Waals surface area (Å²) in [6.07, 6.45) is 0. The topological polar surface area (TPSA) is 3.24 Å². The second kappa shape index (κ2) is 19.6. The molecule has 348 valence electrons. The molecule has 0 unspecified atom stereocenters. The molecule has 1 aliphatic rings. The van der Waals surface area contributed by atoms with Gasteiger partial charge in [0, 0.05) is 48.1 Å². The largest absolute Gasteiger partial charge is 0.311 e. The Hall–Kier alpha value is -7.59. The molecule has 0 amide bonds. The molecule has 0 bridgehead atoms. The van der Waals surface area contributed by atoms with Gasteiger partial charge in [-0.05, 0) is 102 Å². The van der Waals surface area contributed by atoms with Crippen LogP contribution in [0.2, 0.25) is 0 Å². The van der Waals surface area contributed by atoms with Crippen molar-refractivity contribution in [1.29, 1.82) is 0 Å². The molecule has 22 radical (unpaired) electrons. The number of hydrogen-bond acceptors (Lipinski definition) is 2. The number of nitrogens with zero attached hydrogens (tertiary/aromatic N) is 1. The molecule has 12 aromatic rings. The molecule has 0 aliphatic heterocycles. The lowest BCUT2D eigenvalue weighted by Crippen LogP contribution is -2.56. The van der Waals surface area contributed by atoms with E-state index in [4.69, 9.17) is 86.3 Å². The minimum absolute atomic E-state index is 0.0360. The Morgan fingerprint density at radius 2 is 0.825 bits per heavy atom. The molecular formula is C67H36B11NS. The zero-order chi connectivity index (χ0) is 55.6. The highest BCUT2D eigenvalue weighted by Crippen LogP contribution is 2.52. The molecule has 0 atom stereocenters. The van der Waals surface area contributed by atoms with E-state index in [1.54, 1.807) is 11.3 Å². The van der Waals surface area contributed by atoms with Crippen LogP contribution in [-0.2, 0) is 5.41 Å². The lowest BCUT2D eigenvalue weighted by molar-refractivity contribution is 0.669. The summed E-state index contributed by atoms with van der Waals surface area (Å²) in [5.74, 6) is 0. The van der Waals surface area contributed by atoms with Gasteiger partial charge in [-0.25, -0.2) is 0 Å². The summed E-state index contributed by atoms with van der Waals surface area (Å²) in [5.41, 5.74) is 13.6. The molecule has 0 saturated carbocycles. The predicted octanol–water partition coefficient (Wildman–Crippen LogP) is 6.05. The van der Waals surface area contributed by atoms with Crippen LogP contribution in [0.5, 0.6) is 0 Å². The van der Waals surface area contributed by atoms with Crippen molar-refractivity contribution in [3.63, 3.8) is 0 Å². The van der Waals surface area contributed by atoms with Crippen molar-refractivity contribution in [1.82, 2.24) is 0 Å². The Morgan fingerprint density at radius 3 is 1.49 bits per heavy atom. The van der Waals surface area contributed by atoms with E-state index in [1.165, 1.54) is 20.2 Å². The van der Waals surface area contributed by atoms with Crippen molar-refractivity contribution < 1.29 is 0 Å². The van der Waals surface area contributed by atoms with E-state index in [9.17, 15) is 0 Å². The third-order valence-electron chi connectivity index (χ3n) is 16.3. The Bertz CT molecular complexity index is 4540. The number of fused-ring (bicyclic) bond motifs is 7. The van der Waals surface area contributed by atoms with E-state index in [2.05, 4.69) is 175 Å². The molecule has 1 nitrogen and oxygen atoms in total. The minimum atomic E-state index is -0.998. The van der Waals surface area contributed by atoms with Gasteiger partial charge in [0.1, 0.15) is 86.3 Å². The second-order valence-electron chi connectivity index (χ2n) is 21.1. The summed E-state index contributed by atoms with van der Waals surface area (Å²) in [7, 11) is 77.3. The maximum Gasteiger partial charge on any atom is 0.117 e. The fourth-order valence-electron chi connectivity index (χ4n) is 12.6. The highest BCUT2D eigenvalue weighted by atomic mass is 32.1. The lowest BCUT2D eigenvalue weighted by Gasteiger charge is -2.36. The monoisotopic (exact) mass is 1010 g/mol. The van der Waals surface area contributed by atoms with Crippen molar-refractivity contribution >= 4 is 206 Å². The molecule has 13 heteroatoms. The van der Waals surface area contributed by atoms with Crippen LogP contribution in [0.15, 0.2) is 182 Å². The van der Waals surface area contributed by atoms with Gasteiger partial charge in [0.15, 0.2) is 0 Å². The number of rotatable bonds is 8. The molecule has 80 heavy (non-hydrogen) atoms. The smallest absolute Gasteiger partial charge is 0.117 e.